The SMILES string of the molecule is Cc1nn(C)cc1CNC(=O)c1nc(NCc2cccc(Cl)c2)c2cc(-c3c(C)noc3C)ccc2n1. The van der Waals surface area contributed by atoms with Crippen molar-refractivity contribution in [3.05, 3.63) is 87.8 Å². The number of hydrogen-bond acceptors (Lipinski definition) is 7. The van der Waals surface area contributed by atoms with Crippen molar-refractivity contribution in [2.45, 2.75) is 33.9 Å². The van der Waals surface area contributed by atoms with Gasteiger partial charge in [-0.2, -0.15) is 5.10 Å². The van der Waals surface area contributed by atoms with Gasteiger partial charge in [0.25, 0.3) is 5.91 Å². The first kappa shape index (κ1) is 24.5. The molecule has 10 heteroatoms. The van der Waals surface area contributed by atoms with Crippen molar-refractivity contribution in [2.24, 2.45) is 7.05 Å². The molecule has 0 radical (unpaired) electrons. The summed E-state index contributed by atoms with van der Waals surface area (Å²) in [5.41, 5.74) is 6.07. The van der Waals surface area contributed by atoms with Crippen molar-refractivity contribution in [3.63, 3.8) is 0 Å². The molecule has 0 fully saturated rings. The molecule has 1 amide bonds. The smallest absolute Gasteiger partial charge is 0.289 e. The minimum Gasteiger partial charge on any atom is -0.365 e. The van der Waals surface area contributed by atoms with Crippen molar-refractivity contribution in [2.75, 3.05) is 5.32 Å². The van der Waals surface area contributed by atoms with Gasteiger partial charge in [0.05, 0.1) is 16.9 Å². The fourth-order valence-corrected chi connectivity index (χ4v) is 4.54. The molecule has 9 nitrogen and oxygen atoms in total. The van der Waals surface area contributed by atoms with Gasteiger partial charge in [-0.15, -0.1) is 0 Å². The Hall–Kier alpha value is -4.24. The Morgan fingerprint density at radius 1 is 1.05 bits per heavy atom. The molecule has 0 aliphatic rings. The molecule has 0 saturated heterocycles. The Kier molecular flexibility index (Phi) is 6.62. The molecular formula is C27H26ClN7O2. The van der Waals surface area contributed by atoms with Crippen LogP contribution in [0.5, 0.6) is 0 Å². The third-order valence-electron chi connectivity index (χ3n) is 6.12. The average Bonchev–Trinajstić information content (AvgIpc) is 3.39. The Morgan fingerprint density at radius 2 is 1.89 bits per heavy atom. The summed E-state index contributed by atoms with van der Waals surface area (Å²) in [6, 6.07) is 13.4. The van der Waals surface area contributed by atoms with E-state index in [9.17, 15) is 4.79 Å². The molecule has 0 spiro atoms. The monoisotopic (exact) mass is 515 g/mol. The number of aryl methyl sites for hydroxylation is 4. The molecule has 5 rings (SSSR count). The van der Waals surface area contributed by atoms with E-state index in [4.69, 9.17) is 16.1 Å². The van der Waals surface area contributed by atoms with Gasteiger partial charge in [-0.1, -0.05) is 35.0 Å². The number of anilines is 1. The molecule has 2 aromatic carbocycles. The number of amides is 1. The molecular weight excluding hydrogens is 490 g/mol. The number of halogens is 1. The van der Waals surface area contributed by atoms with Crippen molar-refractivity contribution < 1.29 is 9.32 Å². The van der Waals surface area contributed by atoms with Crippen LogP contribution in [-0.4, -0.2) is 30.8 Å². The molecule has 0 aliphatic carbocycles. The lowest BCUT2D eigenvalue weighted by molar-refractivity contribution is 0.0941. The van der Waals surface area contributed by atoms with Crippen molar-refractivity contribution in [3.8, 4) is 11.1 Å². The number of benzene rings is 2. The van der Waals surface area contributed by atoms with Crippen molar-refractivity contribution in [1.82, 2.24) is 30.2 Å². The second-order valence-corrected chi connectivity index (χ2v) is 9.34. The van der Waals surface area contributed by atoms with E-state index in [1.807, 2.05) is 76.5 Å². The minimum atomic E-state index is -0.370. The van der Waals surface area contributed by atoms with E-state index in [2.05, 4.69) is 30.9 Å². The summed E-state index contributed by atoms with van der Waals surface area (Å²) in [7, 11) is 1.85. The first-order valence-corrected chi connectivity index (χ1v) is 12.2. The molecule has 5 aromatic rings. The van der Waals surface area contributed by atoms with Crippen LogP contribution in [0.4, 0.5) is 5.82 Å². The van der Waals surface area contributed by atoms with E-state index in [1.54, 1.807) is 4.68 Å². The van der Waals surface area contributed by atoms with E-state index in [0.29, 0.717) is 29.4 Å². The molecule has 0 aliphatic heterocycles. The van der Waals surface area contributed by atoms with E-state index < -0.39 is 0 Å². The lowest BCUT2D eigenvalue weighted by atomic mass is 10.0. The number of nitrogens with one attached hydrogen (secondary N) is 2. The van der Waals surface area contributed by atoms with Crippen LogP contribution in [0.2, 0.25) is 5.02 Å². The summed E-state index contributed by atoms with van der Waals surface area (Å²) in [6.45, 7) is 6.49. The quantitative estimate of drug-likeness (QED) is 0.309. The third-order valence-corrected chi connectivity index (χ3v) is 6.36. The Balaban J connectivity index is 1.51. The van der Waals surface area contributed by atoms with E-state index in [0.717, 1.165) is 44.8 Å². The topological polar surface area (TPSA) is 111 Å². The highest BCUT2D eigenvalue weighted by atomic mass is 35.5. The summed E-state index contributed by atoms with van der Waals surface area (Å²) >= 11 is 6.17. The Bertz CT molecular complexity index is 1600. The highest BCUT2D eigenvalue weighted by Gasteiger charge is 2.18. The molecule has 0 saturated carbocycles. The summed E-state index contributed by atoms with van der Waals surface area (Å²) < 4.78 is 7.08. The normalized spacial score (nSPS) is 11.2. The van der Waals surface area contributed by atoms with Crippen LogP contribution in [0.1, 0.15) is 38.9 Å². The Morgan fingerprint density at radius 3 is 2.59 bits per heavy atom. The van der Waals surface area contributed by atoms with Gasteiger partial charge < -0.3 is 15.2 Å². The van der Waals surface area contributed by atoms with Gasteiger partial charge in [0, 0.05) is 47.9 Å². The zero-order valence-electron chi connectivity index (χ0n) is 21.0. The van der Waals surface area contributed by atoms with Crippen LogP contribution in [-0.2, 0) is 20.1 Å². The summed E-state index contributed by atoms with van der Waals surface area (Å²) in [5, 5.41) is 16.1. The number of aromatic nitrogens is 5. The number of hydrogen-bond donors (Lipinski definition) is 2. The van der Waals surface area contributed by atoms with Crippen LogP contribution in [0.15, 0.2) is 53.2 Å². The third kappa shape index (κ3) is 5.17. The van der Waals surface area contributed by atoms with Gasteiger partial charge >= 0.3 is 0 Å². The fourth-order valence-electron chi connectivity index (χ4n) is 4.32. The second-order valence-electron chi connectivity index (χ2n) is 8.91. The maximum Gasteiger partial charge on any atom is 0.289 e. The fraction of sp³-hybridized carbons (Fsp3) is 0.222. The predicted molar refractivity (Wildman–Crippen MR) is 142 cm³/mol. The van der Waals surface area contributed by atoms with Gasteiger partial charge in [-0.3, -0.25) is 9.48 Å². The maximum atomic E-state index is 13.1. The van der Waals surface area contributed by atoms with Crippen LogP contribution in [0.3, 0.4) is 0 Å². The highest BCUT2D eigenvalue weighted by molar-refractivity contribution is 6.30. The lowest BCUT2D eigenvalue weighted by Gasteiger charge is -2.13. The first-order valence-electron chi connectivity index (χ1n) is 11.8. The van der Waals surface area contributed by atoms with Crippen molar-refractivity contribution >= 4 is 34.2 Å². The molecule has 0 atom stereocenters. The highest BCUT2D eigenvalue weighted by Crippen LogP contribution is 2.31. The Labute approximate surface area is 218 Å². The number of carbonyl (C=O) groups is 1. The average molecular weight is 516 g/mol. The standard InChI is InChI=1S/C27H26ClN7O2/c1-15-20(14-35(4)33-15)13-30-27(36)26-31-23-9-8-19(24-16(2)34-37-17(24)3)11-22(23)25(32-26)29-12-18-6-5-7-21(28)10-18/h5-11,14H,12-13H2,1-4H3,(H,30,36)(H,29,31,32). The molecule has 37 heavy (non-hydrogen) atoms. The zero-order chi connectivity index (χ0) is 26.1. The number of rotatable bonds is 7. The van der Waals surface area contributed by atoms with Gasteiger partial charge in [0.15, 0.2) is 0 Å². The lowest BCUT2D eigenvalue weighted by Crippen LogP contribution is -2.25. The summed E-state index contributed by atoms with van der Waals surface area (Å²) in [5.74, 6) is 0.979. The summed E-state index contributed by atoms with van der Waals surface area (Å²) in [6.07, 6.45) is 1.88. The summed E-state index contributed by atoms with van der Waals surface area (Å²) in [4.78, 5) is 22.3. The van der Waals surface area contributed by atoms with E-state index in [-0.39, 0.29) is 11.7 Å². The second kappa shape index (κ2) is 10.0. The van der Waals surface area contributed by atoms with Gasteiger partial charge in [0.1, 0.15) is 11.6 Å². The first-order chi connectivity index (χ1) is 17.8. The van der Waals surface area contributed by atoms with Crippen LogP contribution in [0.25, 0.3) is 22.0 Å². The molecule has 2 N–H and O–H groups in total. The molecule has 3 aromatic heterocycles. The predicted octanol–water partition coefficient (Wildman–Crippen LogP) is 5.14. The number of nitrogens with zero attached hydrogens (tertiary/aromatic N) is 5. The zero-order valence-corrected chi connectivity index (χ0v) is 21.7. The van der Waals surface area contributed by atoms with E-state index in [1.165, 1.54) is 0 Å². The maximum absolute atomic E-state index is 13.1. The molecule has 0 unspecified atom stereocenters. The number of fused-ring (bicyclic) bond motifs is 1. The largest absolute Gasteiger partial charge is 0.365 e. The van der Waals surface area contributed by atoms with Crippen LogP contribution in [0, 0.1) is 20.8 Å². The number of carbonyl (C=O) groups excluding carboxylic acids is 1. The minimum absolute atomic E-state index is 0.0766. The molecule has 0 bridgehead atoms. The van der Waals surface area contributed by atoms with E-state index >= 15 is 0 Å². The van der Waals surface area contributed by atoms with Crippen LogP contribution < -0.4 is 10.6 Å². The van der Waals surface area contributed by atoms with Crippen LogP contribution >= 0.6 is 11.6 Å². The van der Waals surface area contributed by atoms with Gasteiger partial charge in [0.2, 0.25) is 5.82 Å². The van der Waals surface area contributed by atoms with Gasteiger partial charge in [-0.05, 0) is 56.2 Å². The van der Waals surface area contributed by atoms with Gasteiger partial charge in [-0.25, -0.2) is 9.97 Å². The van der Waals surface area contributed by atoms with Crippen molar-refractivity contribution in [1.29, 1.82) is 0 Å². The molecule has 188 valence electrons. The molecule has 3 heterocycles.